The van der Waals surface area contributed by atoms with Crippen molar-refractivity contribution in [1.82, 2.24) is 4.98 Å². The van der Waals surface area contributed by atoms with Crippen molar-refractivity contribution in [3.8, 4) is 6.07 Å². The number of pyridine rings is 1. The van der Waals surface area contributed by atoms with Gasteiger partial charge in [0.1, 0.15) is 6.07 Å². The van der Waals surface area contributed by atoms with Crippen LogP contribution in [0.1, 0.15) is 37.9 Å². The van der Waals surface area contributed by atoms with Crippen molar-refractivity contribution in [2.45, 2.75) is 33.6 Å². The lowest BCUT2D eigenvalue weighted by Gasteiger charge is -2.38. The molecule has 2 aromatic rings. The van der Waals surface area contributed by atoms with E-state index in [0.29, 0.717) is 11.5 Å². The smallest absolute Gasteiger partial charge is 0.101 e. The Kier molecular flexibility index (Phi) is 4.02. The van der Waals surface area contributed by atoms with Gasteiger partial charge in [0.2, 0.25) is 0 Å². The van der Waals surface area contributed by atoms with E-state index < -0.39 is 0 Å². The van der Waals surface area contributed by atoms with Crippen LogP contribution in [0, 0.1) is 30.1 Å². The highest BCUT2D eigenvalue weighted by Gasteiger charge is 2.25. The van der Waals surface area contributed by atoms with E-state index in [9.17, 15) is 5.26 Å². The van der Waals surface area contributed by atoms with Crippen LogP contribution in [0.15, 0.2) is 24.3 Å². The average Bonchev–Trinajstić information content (AvgIpc) is 2.52. The van der Waals surface area contributed by atoms with Crippen molar-refractivity contribution in [2.75, 3.05) is 18.0 Å². The fraction of sp³-hybridized carbons (Fsp3) is 0.474. The third-order valence-electron chi connectivity index (χ3n) is 4.76. The van der Waals surface area contributed by atoms with Gasteiger partial charge in [0.05, 0.1) is 11.1 Å². The molecule has 0 spiro atoms. The van der Waals surface area contributed by atoms with Crippen molar-refractivity contribution in [3.63, 3.8) is 0 Å². The van der Waals surface area contributed by atoms with Gasteiger partial charge < -0.3 is 4.90 Å². The van der Waals surface area contributed by atoms with Gasteiger partial charge in [-0.2, -0.15) is 5.26 Å². The highest BCUT2D eigenvalue weighted by molar-refractivity contribution is 5.95. The summed E-state index contributed by atoms with van der Waals surface area (Å²) in [5.74, 6) is 1.47. The topological polar surface area (TPSA) is 39.9 Å². The summed E-state index contributed by atoms with van der Waals surface area (Å²) in [7, 11) is 0. The van der Waals surface area contributed by atoms with Gasteiger partial charge in [-0.15, -0.1) is 0 Å². The third-order valence-corrected chi connectivity index (χ3v) is 4.76. The molecule has 0 saturated carbocycles. The van der Waals surface area contributed by atoms with Gasteiger partial charge in [-0.1, -0.05) is 20.3 Å². The summed E-state index contributed by atoms with van der Waals surface area (Å²) in [6.07, 6.45) is 2.55. The van der Waals surface area contributed by atoms with E-state index in [2.05, 4.69) is 41.9 Å². The van der Waals surface area contributed by atoms with E-state index in [1.54, 1.807) is 0 Å². The highest BCUT2D eigenvalue weighted by atomic mass is 15.1. The third kappa shape index (κ3) is 2.66. The van der Waals surface area contributed by atoms with Crippen molar-refractivity contribution < 1.29 is 0 Å². The molecule has 1 saturated heterocycles. The average molecular weight is 293 g/mol. The molecule has 114 valence electrons. The molecule has 0 N–H and O–H groups in total. The number of hydrogen-bond acceptors (Lipinski definition) is 3. The predicted octanol–water partition coefficient (Wildman–Crippen LogP) is 4.29. The normalized spacial score (nSPS) is 21.8. The summed E-state index contributed by atoms with van der Waals surface area (Å²) >= 11 is 0. The van der Waals surface area contributed by atoms with Crippen LogP contribution < -0.4 is 4.90 Å². The number of aromatic nitrogens is 1. The lowest BCUT2D eigenvalue weighted by molar-refractivity contribution is 0.329. The lowest BCUT2D eigenvalue weighted by Crippen LogP contribution is -2.39. The molecular formula is C19H23N3. The maximum atomic E-state index is 9.35. The van der Waals surface area contributed by atoms with Crippen LogP contribution in [0.5, 0.6) is 0 Å². The van der Waals surface area contributed by atoms with Crippen LogP contribution in [-0.2, 0) is 0 Å². The van der Waals surface area contributed by atoms with E-state index >= 15 is 0 Å². The van der Waals surface area contributed by atoms with Crippen molar-refractivity contribution in [3.05, 3.63) is 35.5 Å². The summed E-state index contributed by atoms with van der Waals surface area (Å²) in [5, 5.41) is 10.5. The maximum absolute atomic E-state index is 9.35. The SMILES string of the molecule is CCC1CC(C)CN(c2ccc(C#N)c3nc(C)ccc23)C1. The first-order chi connectivity index (χ1) is 10.6. The minimum absolute atomic E-state index is 0.666. The second-order valence-corrected chi connectivity index (χ2v) is 6.61. The molecule has 0 bridgehead atoms. The van der Waals surface area contributed by atoms with Gasteiger partial charge in [0.15, 0.2) is 0 Å². The molecule has 2 unspecified atom stereocenters. The minimum atomic E-state index is 0.666. The van der Waals surface area contributed by atoms with Gasteiger partial charge in [-0.3, -0.25) is 4.98 Å². The van der Waals surface area contributed by atoms with E-state index in [0.717, 1.165) is 35.6 Å². The Hall–Kier alpha value is -2.08. The Bertz CT molecular complexity index is 729. The second-order valence-electron chi connectivity index (χ2n) is 6.61. The molecule has 2 atom stereocenters. The molecule has 3 nitrogen and oxygen atoms in total. The number of nitrogens with zero attached hydrogens (tertiary/aromatic N) is 3. The molecule has 0 aliphatic carbocycles. The Labute approximate surface area is 132 Å². The standard InChI is InChI=1S/C19H23N3/c1-4-15-9-13(2)11-22(12-15)18-8-6-16(10-20)19-17(18)7-5-14(3)21-19/h5-8,13,15H,4,9,11-12H2,1-3H3. The van der Waals surface area contributed by atoms with Crippen molar-refractivity contribution in [1.29, 1.82) is 5.26 Å². The zero-order chi connectivity index (χ0) is 15.7. The summed E-state index contributed by atoms with van der Waals surface area (Å²) < 4.78 is 0. The molecule has 1 aliphatic rings. The molecule has 1 aliphatic heterocycles. The summed E-state index contributed by atoms with van der Waals surface area (Å²) in [5.41, 5.74) is 3.69. The number of rotatable bonds is 2. The van der Waals surface area contributed by atoms with Crippen LogP contribution >= 0.6 is 0 Å². The predicted molar refractivity (Wildman–Crippen MR) is 91.0 cm³/mol. The van der Waals surface area contributed by atoms with Crippen LogP contribution in [0.3, 0.4) is 0 Å². The molecule has 3 heteroatoms. The first kappa shape index (κ1) is 14.8. The Balaban J connectivity index is 2.09. The summed E-state index contributed by atoms with van der Waals surface area (Å²) in [6, 6.07) is 10.5. The van der Waals surface area contributed by atoms with Crippen LogP contribution in [0.4, 0.5) is 5.69 Å². The van der Waals surface area contributed by atoms with Crippen LogP contribution in [0.25, 0.3) is 10.9 Å². The first-order valence-corrected chi connectivity index (χ1v) is 8.17. The van der Waals surface area contributed by atoms with Crippen molar-refractivity contribution in [2.24, 2.45) is 11.8 Å². The number of fused-ring (bicyclic) bond motifs is 1. The van der Waals surface area contributed by atoms with E-state index in [1.165, 1.54) is 18.5 Å². The van der Waals surface area contributed by atoms with E-state index in [-0.39, 0.29) is 0 Å². The molecule has 1 fully saturated rings. The number of hydrogen-bond donors (Lipinski definition) is 0. The first-order valence-electron chi connectivity index (χ1n) is 8.17. The molecule has 0 radical (unpaired) electrons. The number of nitriles is 1. The van der Waals surface area contributed by atoms with Crippen molar-refractivity contribution >= 4 is 16.6 Å². The quantitative estimate of drug-likeness (QED) is 0.829. The summed E-state index contributed by atoms with van der Waals surface area (Å²) in [6.45, 7) is 8.79. The molecule has 1 aromatic heterocycles. The fourth-order valence-corrected chi connectivity index (χ4v) is 3.64. The number of piperidine rings is 1. The van der Waals surface area contributed by atoms with Gasteiger partial charge >= 0.3 is 0 Å². The fourth-order valence-electron chi connectivity index (χ4n) is 3.64. The summed E-state index contributed by atoms with van der Waals surface area (Å²) in [4.78, 5) is 7.10. The zero-order valence-electron chi connectivity index (χ0n) is 13.6. The van der Waals surface area contributed by atoms with Gasteiger partial charge in [0, 0.05) is 29.9 Å². The molecule has 3 rings (SSSR count). The number of anilines is 1. The Morgan fingerprint density at radius 1 is 1.27 bits per heavy atom. The zero-order valence-corrected chi connectivity index (χ0v) is 13.6. The Morgan fingerprint density at radius 3 is 2.82 bits per heavy atom. The lowest BCUT2D eigenvalue weighted by atomic mass is 9.88. The monoisotopic (exact) mass is 293 g/mol. The number of aryl methyl sites for hydroxylation is 1. The van der Waals surface area contributed by atoms with E-state index in [4.69, 9.17) is 0 Å². The highest BCUT2D eigenvalue weighted by Crippen LogP contribution is 2.33. The van der Waals surface area contributed by atoms with Gasteiger partial charge in [-0.25, -0.2) is 0 Å². The van der Waals surface area contributed by atoms with Crippen LogP contribution in [0.2, 0.25) is 0 Å². The second kappa shape index (κ2) is 5.96. The minimum Gasteiger partial charge on any atom is -0.370 e. The maximum Gasteiger partial charge on any atom is 0.101 e. The molecule has 0 amide bonds. The largest absolute Gasteiger partial charge is 0.370 e. The number of benzene rings is 1. The Morgan fingerprint density at radius 2 is 2.09 bits per heavy atom. The van der Waals surface area contributed by atoms with E-state index in [1.807, 2.05) is 19.1 Å². The molecule has 22 heavy (non-hydrogen) atoms. The van der Waals surface area contributed by atoms with Crippen LogP contribution in [-0.4, -0.2) is 18.1 Å². The molecule has 1 aromatic carbocycles. The van der Waals surface area contributed by atoms with Gasteiger partial charge in [-0.05, 0) is 49.4 Å². The molecule has 2 heterocycles. The van der Waals surface area contributed by atoms with Gasteiger partial charge in [0.25, 0.3) is 0 Å². The molecular weight excluding hydrogens is 270 g/mol.